The van der Waals surface area contributed by atoms with Gasteiger partial charge in [0.25, 0.3) is 0 Å². The third-order valence-corrected chi connectivity index (χ3v) is 4.43. The number of nitrogen functional groups attached to an aromatic ring is 1. The number of halogens is 2. The Balaban J connectivity index is 1.84. The fraction of sp³-hybridized carbons (Fsp3) is 0. The van der Waals surface area contributed by atoms with Crippen LogP contribution >= 0.6 is 0 Å². The molecule has 0 aliphatic carbocycles. The summed E-state index contributed by atoms with van der Waals surface area (Å²) < 4.78 is 27.3. The third kappa shape index (κ3) is 3.58. The maximum Gasteiger partial charge on any atom is 0.200 e. The average Bonchev–Trinajstić information content (AvgIpc) is 3.10. The van der Waals surface area contributed by atoms with Gasteiger partial charge in [0.05, 0.1) is 11.4 Å². The fourth-order valence-corrected chi connectivity index (χ4v) is 3.09. The van der Waals surface area contributed by atoms with Crippen LogP contribution in [0, 0.1) is 11.6 Å². The number of allylic oxidation sites excluding steroid dienone is 1. The maximum atomic E-state index is 13.7. The lowest BCUT2D eigenvalue weighted by molar-refractivity contribution is 0.0960. The van der Waals surface area contributed by atoms with E-state index in [-0.39, 0.29) is 22.5 Å². The van der Waals surface area contributed by atoms with Crippen molar-refractivity contribution in [2.75, 3.05) is 16.4 Å². The molecule has 4 rings (SSSR count). The largest absolute Gasteiger partial charge is 0.399 e. The number of benzene rings is 3. The smallest absolute Gasteiger partial charge is 0.200 e. The van der Waals surface area contributed by atoms with E-state index in [1.54, 1.807) is 48.5 Å². The van der Waals surface area contributed by atoms with E-state index < -0.39 is 23.2 Å². The molecule has 29 heavy (non-hydrogen) atoms. The van der Waals surface area contributed by atoms with Gasteiger partial charge in [-0.15, -0.1) is 0 Å². The van der Waals surface area contributed by atoms with Crippen LogP contribution in [-0.2, 0) is 0 Å². The molecular formula is C22H15F2N3O2. The molecule has 0 atom stereocenters. The molecule has 3 aromatic rings. The van der Waals surface area contributed by atoms with Gasteiger partial charge in [0.15, 0.2) is 0 Å². The molecule has 0 radical (unpaired) electrons. The summed E-state index contributed by atoms with van der Waals surface area (Å²) in [5.41, 5.74) is 7.20. The van der Waals surface area contributed by atoms with Crippen molar-refractivity contribution >= 4 is 28.6 Å². The van der Waals surface area contributed by atoms with E-state index in [0.717, 1.165) is 12.1 Å². The van der Waals surface area contributed by atoms with Crippen molar-refractivity contribution in [2.24, 2.45) is 0 Å². The summed E-state index contributed by atoms with van der Waals surface area (Å²) in [5, 5.41) is 5.94. The van der Waals surface area contributed by atoms with Gasteiger partial charge in [-0.1, -0.05) is 30.3 Å². The van der Waals surface area contributed by atoms with Gasteiger partial charge in [-0.05, 0) is 30.3 Å². The van der Waals surface area contributed by atoms with Crippen LogP contribution < -0.4 is 16.4 Å². The first-order valence-electron chi connectivity index (χ1n) is 8.71. The van der Waals surface area contributed by atoms with Crippen LogP contribution in [-0.4, -0.2) is 11.6 Å². The van der Waals surface area contributed by atoms with E-state index in [1.807, 2.05) is 0 Å². The number of hydrogen-bond acceptors (Lipinski definition) is 5. The number of carbonyl (C=O) groups is 2. The number of carbonyl (C=O) groups excluding carboxylic acids is 2. The third-order valence-electron chi connectivity index (χ3n) is 4.43. The van der Waals surface area contributed by atoms with Gasteiger partial charge in [0.1, 0.15) is 23.0 Å². The van der Waals surface area contributed by atoms with Gasteiger partial charge >= 0.3 is 0 Å². The Morgan fingerprint density at radius 2 is 1.34 bits per heavy atom. The normalized spacial score (nSPS) is 13.9. The minimum Gasteiger partial charge on any atom is -0.399 e. The van der Waals surface area contributed by atoms with Crippen molar-refractivity contribution in [2.45, 2.75) is 0 Å². The molecule has 0 saturated heterocycles. The van der Waals surface area contributed by atoms with Crippen LogP contribution in [0.4, 0.5) is 25.8 Å². The Bertz CT molecular complexity index is 1150. The average molecular weight is 391 g/mol. The van der Waals surface area contributed by atoms with E-state index in [4.69, 9.17) is 5.73 Å². The molecule has 1 aliphatic heterocycles. The summed E-state index contributed by atoms with van der Waals surface area (Å²) in [7, 11) is 0. The number of ketones is 2. The number of rotatable bonds is 4. The fourth-order valence-electron chi connectivity index (χ4n) is 3.09. The predicted molar refractivity (Wildman–Crippen MR) is 107 cm³/mol. The molecule has 0 amide bonds. The molecule has 0 bridgehead atoms. The molecule has 7 heteroatoms. The molecule has 1 heterocycles. The molecule has 0 saturated carbocycles. The first kappa shape index (κ1) is 18.4. The molecule has 5 nitrogen and oxygen atoms in total. The Hall–Kier alpha value is -4.00. The van der Waals surface area contributed by atoms with Crippen molar-refractivity contribution in [3.05, 3.63) is 101 Å². The topological polar surface area (TPSA) is 84.2 Å². The lowest BCUT2D eigenvalue weighted by atomic mass is 9.95. The number of hydrogen-bond donors (Lipinski definition) is 3. The first-order valence-corrected chi connectivity index (χ1v) is 8.71. The number of fused-ring (bicyclic) bond motifs is 1. The molecule has 0 fully saturated rings. The van der Waals surface area contributed by atoms with Gasteiger partial charge < -0.3 is 16.4 Å². The summed E-state index contributed by atoms with van der Waals surface area (Å²) in [4.78, 5) is 26.3. The summed E-state index contributed by atoms with van der Waals surface area (Å²) >= 11 is 0. The van der Waals surface area contributed by atoms with Crippen LogP contribution in [0.2, 0.25) is 0 Å². The zero-order valence-electron chi connectivity index (χ0n) is 15.0. The number of nitrogens with two attached hydrogens (primary N) is 1. The molecular weight excluding hydrogens is 376 g/mol. The highest BCUT2D eigenvalue weighted by Gasteiger charge is 2.29. The Morgan fingerprint density at radius 3 is 2.03 bits per heavy atom. The van der Waals surface area contributed by atoms with Crippen molar-refractivity contribution in [1.82, 2.24) is 0 Å². The highest BCUT2D eigenvalue weighted by Crippen LogP contribution is 2.34. The molecule has 0 unspecified atom stereocenters. The van der Waals surface area contributed by atoms with Crippen LogP contribution in [0.1, 0.15) is 20.7 Å². The van der Waals surface area contributed by atoms with Crippen molar-refractivity contribution in [3.8, 4) is 0 Å². The summed E-state index contributed by atoms with van der Waals surface area (Å²) in [5.74, 6) is -3.10. The lowest BCUT2D eigenvalue weighted by Gasteiger charge is -2.11. The first-order chi connectivity index (χ1) is 13.9. The number of Topliss-reactive ketones (excluding diaryl/α,β-unsaturated/α-hetero) is 2. The highest BCUT2D eigenvalue weighted by atomic mass is 19.1. The van der Waals surface area contributed by atoms with E-state index in [1.165, 1.54) is 0 Å². The van der Waals surface area contributed by atoms with Gasteiger partial charge in [-0.2, -0.15) is 0 Å². The van der Waals surface area contributed by atoms with Crippen LogP contribution in [0.25, 0.3) is 0 Å². The second-order valence-electron chi connectivity index (χ2n) is 6.49. The minimum atomic E-state index is -0.909. The Kier molecular flexibility index (Phi) is 4.56. The quantitative estimate of drug-likeness (QED) is 0.202. The standard InChI is InChI=1S/C22H15F2N3O2/c23-14-8-13(9-15(24)10-14)21(29)19(20(28)12-4-2-1-3-5-12)22-26-17-7-6-16(25)11-18(17)27-22/h1-11,26-27H,25H2/b22-19-. The second-order valence-corrected chi connectivity index (χ2v) is 6.49. The summed E-state index contributed by atoms with van der Waals surface area (Å²) in [6.07, 6.45) is 0. The maximum absolute atomic E-state index is 13.7. The number of anilines is 3. The summed E-state index contributed by atoms with van der Waals surface area (Å²) in [6.45, 7) is 0. The van der Waals surface area contributed by atoms with Crippen molar-refractivity contribution in [3.63, 3.8) is 0 Å². The van der Waals surface area contributed by atoms with E-state index in [9.17, 15) is 18.4 Å². The van der Waals surface area contributed by atoms with Crippen LogP contribution in [0.5, 0.6) is 0 Å². The minimum absolute atomic E-state index is 0.120. The molecule has 144 valence electrons. The highest BCUT2D eigenvalue weighted by molar-refractivity contribution is 6.32. The second kappa shape index (κ2) is 7.20. The molecule has 0 aromatic heterocycles. The SMILES string of the molecule is Nc1ccc2c(c1)N/C(=C(/C(=O)c1ccccc1)C(=O)c1cc(F)cc(F)c1)N2. The van der Waals surface area contributed by atoms with Gasteiger partial charge in [0.2, 0.25) is 11.6 Å². The van der Waals surface area contributed by atoms with E-state index in [2.05, 4.69) is 10.6 Å². The van der Waals surface area contributed by atoms with Crippen molar-refractivity contribution in [1.29, 1.82) is 0 Å². The summed E-state index contributed by atoms with van der Waals surface area (Å²) in [6, 6.07) is 15.6. The van der Waals surface area contributed by atoms with E-state index >= 15 is 0 Å². The molecule has 4 N–H and O–H groups in total. The zero-order valence-corrected chi connectivity index (χ0v) is 15.0. The lowest BCUT2D eigenvalue weighted by Crippen LogP contribution is -2.21. The van der Waals surface area contributed by atoms with Crippen LogP contribution in [0.15, 0.2) is 78.1 Å². The van der Waals surface area contributed by atoms with Gasteiger partial charge in [-0.3, -0.25) is 9.59 Å². The van der Waals surface area contributed by atoms with Gasteiger partial charge in [-0.25, -0.2) is 8.78 Å². The zero-order chi connectivity index (χ0) is 20.5. The predicted octanol–water partition coefficient (Wildman–Crippen LogP) is 4.36. The number of nitrogens with one attached hydrogen (secondary N) is 2. The van der Waals surface area contributed by atoms with Crippen LogP contribution in [0.3, 0.4) is 0 Å². The monoisotopic (exact) mass is 391 g/mol. The molecule has 0 spiro atoms. The van der Waals surface area contributed by atoms with Crippen molar-refractivity contribution < 1.29 is 18.4 Å². The Labute approximate surface area is 164 Å². The Morgan fingerprint density at radius 1 is 0.724 bits per heavy atom. The van der Waals surface area contributed by atoms with Gasteiger partial charge in [0, 0.05) is 22.9 Å². The molecule has 1 aliphatic rings. The molecule has 3 aromatic carbocycles. The van der Waals surface area contributed by atoms with E-state index in [0.29, 0.717) is 23.1 Å².